The Bertz CT molecular complexity index is 474. The summed E-state index contributed by atoms with van der Waals surface area (Å²) in [5, 5.41) is 0. The lowest BCUT2D eigenvalue weighted by Crippen LogP contribution is -2.35. The van der Waals surface area contributed by atoms with Crippen LogP contribution in [0.2, 0.25) is 0 Å². The summed E-state index contributed by atoms with van der Waals surface area (Å²) in [5.74, 6) is -1.07. The van der Waals surface area contributed by atoms with Crippen molar-refractivity contribution in [2.45, 2.75) is 38.5 Å². The van der Waals surface area contributed by atoms with Crippen LogP contribution in [-0.4, -0.2) is 8.96 Å². The van der Waals surface area contributed by atoms with Gasteiger partial charge < -0.3 is 0 Å². The molecule has 0 bridgehead atoms. The molecule has 102 valence electrons. The molecule has 1 N–H and O–H groups in total. The number of benzene rings is 1. The minimum absolute atomic E-state index is 0.0768. The molecular weight excluding hydrogens is 324 g/mol. The summed E-state index contributed by atoms with van der Waals surface area (Å²) in [6, 6.07) is 1.65. The predicted molar refractivity (Wildman–Crippen MR) is 73.5 cm³/mol. The first-order chi connectivity index (χ1) is 8.12. The van der Waals surface area contributed by atoms with E-state index in [0.717, 1.165) is 12.1 Å². The molecular formula is C12H16BrF2NOS. The van der Waals surface area contributed by atoms with E-state index in [1.165, 1.54) is 0 Å². The first-order valence-corrected chi connectivity index (χ1v) is 7.39. The van der Waals surface area contributed by atoms with E-state index in [1.54, 1.807) is 27.7 Å². The van der Waals surface area contributed by atoms with Crippen LogP contribution in [0.3, 0.4) is 0 Å². The van der Waals surface area contributed by atoms with Crippen LogP contribution >= 0.6 is 15.9 Å². The van der Waals surface area contributed by atoms with Crippen molar-refractivity contribution < 1.29 is 13.0 Å². The molecule has 2 atom stereocenters. The van der Waals surface area contributed by atoms with Crippen molar-refractivity contribution in [1.29, 1.82) is 0 Å². The molecule has 0 aliphatic carbocycles. The highest BCUT2D eigenvalue weighted by Gasteiger charge is 2.23. The predicted octanol–water partition coefficient (Wildman–Crippen LogP) is 3.84. The van der Waals surface area contributed by atoms with Gasteiger partial charge in [-0.15, -0.1) is 0 Å². The fraction of sp³-hybridized carbons (Fsp3) is 0.500. The molecule has 0 radical (unpaired) electrons. The Morgan fingerprint density at radius 3 is 2.33 bits per heavy atom. The van der Waals surface area contributed by atoms with Gasteiger partial charge in [-0.3, -0.25) is 0 Å². The number of hydrogen-bond donors (Lipinski definition) is 1. The summed E-state index contributed by atoms with van der Waals surface area (Å²) in [6.45, 7) is 7.07. The summed E-state index contributed by atoms with van der Waals surface area (Å²) in [4.78, 5) is 0. The lowest BCUT2D eigenvalue weighted by molar-refractivity contribution is 0.553. The normalized spacial score (nSPS) is 15.5. The third kappa shape index (κ3) is 3.83. The summed E-state index contributed by atoms with van der Waals surface area (Å²) in [6.07, 6.45) is 0. The lowest BCUT2D eigenvalue weighted by atomic mass is 10.1. The van der Waals surface area contributed by atoms with E-state index in [2.05, 4.69) is 20.7 Å². The smallest absolute Gasteiger partial charge is 0.137 e. The van der Waals surface area contributed by atoms with Crippen molar-refractivity contribution in [3.63, 3.8) is 0 Å². The molecule has 2 nitrogen and oxygen atoms in total. The van der Waals surface area contributed by atoms with E-state index in [0.29, 0.717) is 0 Å². The first kappa shape index (κ1) is 15.7. The van der Waals surface area contributed by atoms with Crippen molar-refractivity contribution in [3.05, 3.63) is 33.8 Å². The highest BCUT2D eigenvalue weighted by molar-refractivity contribution is 9.10. The van der Waals surface area contributed by atoms with E-state index < -0.39 is 33.4 Å². The Morgan fingerprint density at radius 1 is 1.28 bits per heavy atom. The van der Waals surface area contributed by atoms with Gasteiger partial charge in [0.15, 0.2) is 0 Å². The minimum Gasteiger partial charge on any atom is -0.242 e. The third-order valence-electron chi connectivity index (χ3n) is 2.35. The quantitative estimate of drug-likeness (QED) is 0.833. The van der Waals surface area contributed by atoms with Crippen LogP contribution in [-0.2, 0) is 11.0 Å². The number of hydrogen-bond acceptors (Lipinski definition) is 1. The molecule has 0 aromatic heterocycles. The van der Waals surface area contributed by atoms with E-state index in [4.69, 9.17) is 0 Å². The summed E-state index contributed by atoms with van der Waals surface area (Å²) < 4.78 is 41.3. The first-order valence-electron chi connectivity index (χ1n) is 5.45. The molecule has 6 heteroatoms. The van der Waals surface area contributed by atoms with E-state index in [1.807, 2.05) is 0 Å². The van der Waals surface area contributed by atoms with Crippen molar-refractivity contribution in [2.75, 3.05) is 0 Å². The van der Waals surface area contributed by atoms with Crippen molar-refractivity contribution in [2.24, 2.45) is 0 Å². The van der Waals surface area contributed by atoms with Crippen LogP contribution in [0.5, 0.6) is 0 Å². The second kappa shape index (κ2) is 5.75. The number of halogens is 3. The van der Waals surface area contributed by atoms with Gasteiger partial charge in [-0.2, -0.15) is 0 Å². The molecule has 0 heterocycles. The highest BCUT2D eigenvalue weighted by Crippen LogP contribution is 2.25. The molecule has 0 spiro atoms. The fourth-order valence-electron chi connectivity index (χ4n) is 1.27. The van der Waals surface area contributed by atoms with Crippen LogP contribution in [0.15, 0.2) is 16.6 Å². The van der Waals surface area contributed by atoms with Crippen molar-refractivity contribution in [1.82, 2.24) is 4.72 Å². The lowest BCUT2D eigenvalue weighted by Gasteiger charge is -2.22. The van der Waals surface area contributed by atoms with Crippen LogP contribution in [0.1, 0.15) is 39.3 Å². The molecule has 1 rings (SSSR count). The molecule has 0 saturated heterocycles. The van der Waals surface area contributed by atoms with Gasteiger partial charge in [-0.1, -0.05) is 0 Å². The maximum Gasteiger partial charge on any atom is 0.137 e. The SMILES string of the molecule is C[C@H](N[S@](=O)C(C)(C)C)c1cc(F)c(Br)cc1F. The Hall–Kier alpha value is -0.330. The zero-order chi connectivity index (χ0) is 14.1. The maximum absolute atomic E-state index is 13.7. The molecule has 0 saturated carbocycles. The topological polar surface area (TPSA) is 29.1 Å². The Kier molecular flexibility index (Phi) is 5.03. The summed E-state index contributed by atoms with van der Waals surface area (Å²) >= 11 is 2.92. The number of nitrogens with one attached hydrogen (secondary N) is 1. The van der Waals surface area contributed by atoms with Gasteiger partial charge in [0.05, 0.1) is 20.2 Å². The van der Waals surface area contributed by atoms with Gasteiger partial charge in [-0.25, -0.2) is 17.7 Å². The molecule has 1 aromatic carbocycles. The van der Waals surface area contributed by atoms with Crippen molar-refractivity contribution in [3.8, 4) is 0 Å². The molecule has 0 aliphatic heterocycles. The monoisotopic (exact) mass is 339 g/mol. The minimum atomic E-state index is -1.34. The molecule has 1 aromatic rings. The maximum atomic E-state index is 13.7. The summed E-state index contributed by atoms with van der Waals surface area (Å²) in [7, 11) is -1.34. The van der Waals surface area contributed by atoms with Crippen LogP contribution in [0.4, 0.5) is 8.78 Å². The van der Waals surface area contributed by atoms with Crippen LogP contribution < -0.4 is 4.72 Å². The molecule has 0 fully saturated rings. The zero-order valence-corrected chi connectivity index (χ0v) is 13.1. The van der Waals surface area contributed by atoms with E-state index >= 15 is 0 Å². The molecule has 18 heavy (non-hydrogen) atoms. The Morgan fingerprint density at radius 2 is 1.83 bits per heavy atom. The number of rotatable bonds is 3. The average Bonchev–Trinajstić information content (AvgIpc) is 2.21. The van der Waals surface area contributed by atoms with E-state index in [-0.39, 0.29) is 10.0 Å². The second-order valence-corrected chi connectivity index (χ2v) is 7.86. The molecule has 0 amide bonds. The Balaban J connectivity index is 2.95. The molecule has 0 aliphatic rings. The van der Waals surface area contributed by atoms with E-state index in [9.17, 15) is 13.0 Å². The highest BCUT2D eigenvalue weighted by atomic mass is 79.9. The third-order valence-corrected chi connectivity index (χ3v) is 4.63. The fourth-order valence-corrected chi connectivity index (χ4v) is 2.39. The van der Waals surface area contributed by atoms with Gasteiger partial charge >= 0.3 is 0 Å². The van der Waals surface area contributed by atoms with Gasteiger partial charge in [0.25, 0.3) is 0 Å². The van der Waals surface area contributed by atoms with Crippen molar-refractivity contribution >= 4 is 26.9 Å². The van der Waals surface area contributed by atoms with Crippen LogP contribution in [0.25, 0.3) is 0 Å². The second-order valence-electron chi connectivity index (χ2n) is 5.01. The zero-order valence-electron chi connectivity index (χ0n) is 10.7. The van der Waals surface area contributed by atoms with Gasteiger partial charge in [0.1, 0.15) is 11.6 Å². The van der Waals surface area contributed by atoms with Crippen LogP contribution in [0, 0.1) is 11.6 Å². The standard InChI is InChI=1S/C12H16BrF2NOS/c1-7(16-18(17)12(2,3)4)8-5-11(15)9(13)6-10(8)14/h5-7,16H,1-4H3/t7-,18+/m0/s1. The largest absolute Gasteiger partial charge is 0.242 e. The Labute approximate surface area is 117 Å². The average molecular weight is 340 g/mol. The molecule has 0 unspecified atom stereocenters. The van der Waals surface area contributed by atoms with Gasteiger partial charge in [0.2, 0.25) is 0 Å². The van der Waals surface area contributed by atoms with Gasteiger partial charge in [-0.05, 0) is 55.8 Å². The summed E-state index contributed by atoms with van der Waals surface area (Å²) in [5.41, 5.74) is 0.160. The van der Waals surface area contributed by atoms with Gasteiger partial charge in [0, 0.05) is 11.6 Å².